The van der Waals surface area contributed by atoms with E-state index in [1.54, 1.807) is 6.20 Å². The standard InChI is InChI=1S/C19H22BrN3O/c1-13-11-15(20)8-9-17(13)23-19(24)14-7-10-18(21-12-14)22-16-5-3-2-4-6-16/h7-12,16H,2-6H2,1H3,(H,21,22)(H,23,24). The average Bonchev–Trinajstić information content (AvgIpc) is 2.59. The molecule has 24 heavy (non-hydrogen) atoms. The molecule has 1 aromatic carbocycles. The van der Waals surface area contributed by atoms with E-state index in [4.69, 9.17) is 0 Å². The summed E-state index contributed by atoms with van der Waals surface area (Å²) < 4.78 is 0.998. The molecule has 0 bridgehead atoms. The van der Waals surface area contributed by atoms with Gasteiger partial charge in [-0.1, -0.05) is 35.2 Å². The van der Waals surface area contributed by atoms with E-state index >= 15 is 0 Å². The molecule has 3 rings (SSSR count). The van der Waals surface area contributed by atoms with Crippen LogP contribution in [0.5, 0.6) is 0 Å². The van der Waals surface area contributed by atoms with E-state index in [2.05, 4.69) is 31.5 Å². The summed E-state index contributed by atoms with van der Waals surface area (Å²) in [6.07, 6.45) is 7.93. The maximum atomic E-state index is 12.4. The van der Waals surface area contributed by atoms with Gasteiger partial charge in [0.1, 0.15) is 5.82 Å². The van der Waals surface area contributed by atoms with Gasteiger partial charge in [-0.05, 0) is 55.7 Å². The van der Waals surface area contributed by atoms with Gasteiger partial charge in [0.25, 0.3) is 5.91 Å². The molecule has 4 nitrogen and oxygen atoms in total. The van der Waals surface area contributed by atoms with E-state index in [1.165, 1.54) is 32.1 Å². The summed E-state index contributed by atoms with van der Waals surface area (Å²) in [5, 5.41) is 6.40. The molecular formula is C19H22BrN3O. The number of aryl methyl sites for hydroxylation is 1. The van der Waals surface area contributed by atoms with Crippen molar-refractivity contribution in [2.45, 2.75) is 45.1 Å². The van der Waals surface area contributed by atoms with Crippen LogP contribution in [-0.2, 0) is 0 Å². The molecule has 0 atom stereocenters. The second kappa shape index (κ2) is 7.79. The molecule has 5 heteroatoms. The number of carbonyl (C=O) groups is 1. The second-order valence-electron chi connectivity index (χ2n) is 6.32. The van der Waals surface area contributed by atoms with Crippen LogP contribution in [0.1, 0.15) is 48.0 Å². The zero-order chi connectivity index (χ0) is 16.9. The SMILES string of the molecule is Cc1cc(Br)ccc1NC(=O)c1ccc(NC2CCCCC2)nc1. The molecule has 1 saturated carbocycles. The first-order chi connectivity index (χ1) is 11.6. The summed E-state index contributed by atoms with van der Waals surface area (Å²) in [6.45, 7) is 1.97. The molecular weight excluding hydrogens is 366 g/mol. The lowest BCUT2D eigenvalue weighted by atomic mass is 9.95. The highest BCUT2D eigenvalue weighted by molar-refractivity contribution is 9.10. The molecule has 0 unspecified atom stereocenters. The van der Waals surface area contributed by atoms with Gasteiger partial charge in [-0.2, -0.15) is 0 Å². The fourth-order valence-corrected chi connectivity index (χ4v) is 3.51. The Labute approximate surface area is 151 Å². The van der Waals surface area contributed by atoms with Crippen LogP contribution in [0.2, 0.25) is 0 Å². The van der Waals surface area contributed by atoms with Crippen molar-refractivity contribution in [3.63, 3.8) is 0 Å². The lowest BCUT2D eigenvalue weighted by Crippen LogP contribution is -2.23. The maximum Gasteiger partial charge on any atom is 0.257 e. The molecule has 2 aromatic rings. The van der Waals surface area contributed by atoms with Gasteiger partial charge < -0.3 is 10.6 Å². The van der Waals surface area contributed by atoms with Crippen molar-refractivity contribution >= 4 is 33.3 Å². The van der Waals surface area contributed by atoms with Gasteiger partial charge in [-0.15, -0.1) is 0 Å². The molecule has 2 N–H and O–H groups in total. The third kappa shape index (κ3) is 4.35. The van der Waals surface area contributed by atoms with Crippen molar-refractivity contribution in [1.29, 1.82) is 0 Å². The van der Waals surface area contributed by atoms with E-state index in [1.807, 2.05) is 37.3 Å². The van der Waals surface area contributed by atoms with Crippen LogP contribution in [0.3, 0.4) is 0 Å². The Kier molecular flexibility index (Phi) is 5.51. The highest BCUT2D eigenvalue weighted by Gasteiger charge is 2.14. The first-order valence-corrected chi connectivity index (χ1v) is 9.21. The number of nitrogens with zero attached hydrogens (tertiary/aromatic N) is 1. The van der Waals surface area contributed by atoms with Gasteiger partial charge in [0.15, 0.2) is 0 Å². The van der Waals surface area contributed by atoms with E-state index < -0.39 is 0 Å². The number of hydrogen-bond donors (Lipinski definition) is 2. The van der Waals surface area contributed by atoms with E-state index in [-0.39, 0.29) is 5.91 Å². The Morgan fingerprint density at radius 1 is 1.17 bits per heavy atom. The van der Waals surface area contributed by atoms with E-state index in [0.29, 0.717) is 11.6 Å². The van der Waals surface area contributed by atoms with Gasteiger partial charge in [-0.3, -0.25) is 4.79 Å². The van der Waals surface area contributed by atoms with Crippen molar-refractivity contribution in [3.8, 4) is 0 Å². The molecule has 0 aliphatic heterocycles. The van der Waals surface area contributed by atoms with Gasteiger partial charge in [-0.25, -0.2) is 4.98 Å². The molecule has 1 fully saturated rings. The summed E-state index contributed by atoms with van der Waals surface area (Å²) in [5.74, 6) is 0.704. The van der Waals surface area contributed by atoms with Crippen LogP contribution in [0.4, 0.5) is 11.5 Å². The molecule has 1 aromatic heterocycles. The first-order valence-electron chi connectivity index (χ1n) is 8.42. The molecule has 1 amide bonds. The van der Waals surface area contributed by atoms with Crippen LogP contribution in [0, 0.1) is 6.92 Å². The number of aromatic nitrogens is 1. The largest absolute Gasteiger partial charge is 0.367 e. The van der Waals surface area contributed by atoms with Crippen molar-refractivity contribution in [1.82, 2.24) is 4.98 Å². The Bertz CT molecular complexity index is 709. The Hall–Kier alpha value is -1.88. The summed E-state index contributed by atoms with van der Waals surface area (Å²) >= 11 is 3.43. The third-order valence-electron chi connectivity index (χ3n) is 4.42. The average molecular weight is 388 g/mol. The van der Waals surface area contributed by atoms with Crippen molar-refractivity contribution in [3.05, 3.63) is 52.1 Å². The van der Waals surface area contributed by atoms with Crippen LogP contribution >= 0.6 is 15.9 Å². The van der Waals surface area contributed by atoms with Crippen LogP contribution in [0.15, 0.2) is 41.0 Å². The zero-order valence-electron chi connectivity index (χ0n) is 13.8. The van der Waals surface area contributed by atoms with E-state index in [9.17, 15) is 4.79 Å². The smallest absolute Gasteiger partial charge is 0.257 e. The van der Waals surface area contributed by atoms with E-state index in [0.717, 1.165) is 21.5 Å². The summed E-state index contributed by atoms with van der Waals surface area (Å²) in [6, 6.07) is 10.0. The van der Waals surface area contributed by atoms with Crippen molar-refractivity contribution in [2.24, 2.45) is 0 Å². The minimum Gasteiger partial charge on any atom is -0.367 e. The Morgan fingerprint density at radius 2 is 1.96 bits per heavy atom. The number of halogens is 1. The normalized spacial score (nSPS) is 15.1. The minimum absolute atomic E-state index is 0.142. The zero-order valence-corrected chi connectivity index (χ0v) is 15.4. The number of anilines is 2. The number of rotatable bonds is 4. The predicted molar refractivity (Wildman–Crippen MR) is 102 cm³/mol. The number of hydrogen-bond acceptors (Lipinski definition) is 3. The van der Waals surface area contributed by atoms with Crippen LogP contribution in [0.25, 0.3) is 0 Å². The molecule has 1 aliphatic rings. The van der Waals surface area contributed by atoms with Crippen molar-refractivity contribution < 1.29 is 4.79 Å². The van der Waals surface area contributed by atoms with Gasteiger partial charge >= 0.3 is 0 Å². The molecule has 126 valence electrons. The monoisotopic (exact) mass is 387 g/mol. The number of carbonyl (C=O) groups excluding carboxylic acids is 1. The van der Waals surface area contributed by atoms with Gasteiger partial charge in [0.05, 0.1) is 5.56 Å². The fourth-order valence-electron chi connectivity index (χ4n) is 3.03. The lowest BCUT2D eigenvalue weighted by Gasteiger charge is -2.23. The highest BCUT2D eigenvalue weighted by Crippen LogP contribution is 2.22. The molecule has 1 aliphatic carbocycles. The van der Waals surface area contributed by atoms with Crippen LogP contribution < -0.4 is 10.6 Å². The number of amides is 1. The molecule has 1 heterocycles. The highest BCUT2D eigenvalue weighted by atomic mass is 79.9. The first kappa shape index (κ1) is 17.0. The minimum atomic E-state index is -0.142. The van der Waals surface area contributed by atoms with Gasteiger partial charge in [0, 0.05) is 22.4 Å². The molecule has 0 spiro atoms. The summed E-state index contributed by atoms with van der Waals surface area (Å²) in [4.78, 5) is 16.8. The fraction of sp³-hybridized carbons (Fsp3) is 0.368. The number of benzene rings is 1. The second-order valence-corrected chi connectivity index (χ2v) is 7.24. The quantitative estimate of drug-likeness (QED) is 0.762. The summed E-state index contributed by atoms with van der Waals surface area (Å²) in [5.41, 5.74) is 2.39. The summed E-state index contributed by atoms with van der Waals surface area (Å²) in [7, 11) is 0. The molecule has 0 radical (unpaired) electrons. The number of pyridine rings is 1. The predicted octanol–water partition coefficient (Wildman–Crippen LogP) is 5.15. The van der Waals surface area contributed by atoms with Crippen LogP contribution in [-0.4, -0.2) is 16.9 Å². The lowest BCUT2D eigenvalue weighted by molar-refractivity contribution is 0.102. The van der Waals surface area contributed by atoms with Crippen molar-refractivity contribution in [2.75, 3.05) is 10.6 Å². The maximum absolute atomic E-state index is 12.4. The third-order valence-corrected chi connectivity index (χ3v) is 4.91. The molecule has 0 saturated heterocycles. The number of nitrogens with one attached hydrogen (secondary N) is 2. The Balaban J connectivity index is 1.62. The topological polar surface area (TPSA) is 54.0 Å². The van der Waals surface area contributed by atoms with Gasteiger partial charge in [0.2, 0.25) is 0 Å². The Morgan fingerprint density at radius 3 is 2.62 bits per heavy atom.